The molecule has 136 valence electrons. The first kappa shape index (κ1) is 18.1. The first-order valence-electron chi connectivity index (χ1n) is 9.02. The van der Waals surface area contributed by atoms with Gasteiger partial charge in [0.1, 0.15) is 0 Å². The van der Waals surface area contributed by atoms with Crippen LogP contribution >= 0.6 is 0 Å². The average Bonchev–Trinajstić information content (AvgIpc) is 2.82. The van der Waals surface area contributed by atoms with Crippen LogP contribution in [-0.2, 0) is 9.59 Å². The summed E-state index contributed by atoms with van der Waals surface area (Å²) in [5, 5.41) is 6.28. The predicted octanol–water partition coefficient (Wildman–Crippen LogP) is 2.25. The van der Waals surface area contributed by atoms with Gasteiger partial charge < -0.3 is 11.1 Å². The molecule has 5 heteroatoms. The second kappa shape index (κ2) is 8.15. The Morgan fingerprint density at radius 1 is 1.04 bits per heavy atom. The van der Waals surface area contributed by atoms with E-state index >= 15 is 0 Å². The van der Waals surface area contributed by atoms with Crippen molar-refractivity contribution in [2.75, 3.05) is 0 Å². The lowest BCUT2D eigenvalue weighted by molar-refractivity contribution is -0.125. The van der Waals surface area contributed by atoms with Crippen molar-refractivity contribution < 1.29 is 9.59 Å². The maximum Gasteiger partial charge on any atom is 0.238 e. The number of hydrogen-bond donors (Lipinski definition) is 3. The third-order valence-corrected chi connectivity index (χ3v) is 5.05. The van der Waals surface area contributed by atoms with Crippen LogP contribution in [0.3, 0.4) is 0 Å². The first-order valence-corrected chi connectivity index (χ1v) is 9.02. The van der Waals surface area contributed by atoms with Gasteiger partial charge >= 0.3 is 0 Å². The van der Waals surface area contributed by atoms with Crippen LogP contribution in [0.4, 0.5) is 0 Å². The fourth-order valence-corrected chi connectivity index (χ4v) is 3.57. The second-order valence-electron chi connectivity index (χ2n) is 6.83. The molecule has 1 saturated heterocycles. The van der Waals surface area contributed by atoms with Crippen molar-refractivity contribution in [3.05, 3.63) is 71.8 Å². The molecule has 0 radical (unpaired) electrons. The van der Waals surface area contributed by atoms with E-state index in [-0.39, 0.29) is 17.9 Å². The number of rotatable bonds is 5. The summed E-state index contributed by atoms with van der Waals surface area (Å²) in [6.07, 6.45) is 1.66. The van der Waals surface area contributed by atoms with Crippen molar-refractivity contribution in [2.45, 2.75) is 43.8 Å². The number of nitrogens with two attached hydrogens (primary N) is 1. The summed E-state index contributed by atoms with van der Waals surface area (Å²) < 4.78 is 0. The van der Waals surface area contributed by atoms with E-state index in [1.165, 1.54) is 0 Å². The number of benzene rings is 2. The summed E-state index contributed by atoms with van der Waals surface area (Å²) in [7, 11) is 0. The van der Waals surface area contributed by atoms with Gasteiger partial charge in [0.15, 0.2) is 0 Å². The van der Waals surface area contributed by atoms with Gasteiger partial charge in [-0.05, 0) is 30.9 Å². The van der Waals surface area contributed by atoms with Crippen LogP contribution < -0.4 is 16.4 Å². The smallest absolute Gasteiger partial charge is 0.238 e. The van der Waals surface area contributed by atoms with Crippen LogP contribution in [0, 0.1) is 0 Å². The van der Waals surface area contributed by atoms with Crippen LogP contribution in [0.15, 0.2) is 60.7 Å². The molecule has 2 aromatic carbocycles. The highest BCUT2D eigenvalue weighted by Gasteiger charge is 2.36. The van der Waals surface area contributed by atoms with Gasteiger partial charge in [-0.2, -0.15) is 0 Å². The second-order valence-corrected chi connectivity index (χ2v) is 6.83. The van der Waals surface area contributed by atoms with E-state index in [1.807, 2.05) is 60.7 Å². The maximum absolute atomic E-state index is 13.0. The Morgan fingerprint density at radius 2 is 1.62 bits per heavy atom. The highest BCUT2D eigenvalue weighted by atomic mass is 16.2. The lowest BCUT2D eigenvalue weighted by Crippen LogP contribution is -2.53. The van der Waals surface area contributed by atoms with Gasteiger partial charge in [-0.25, -0.2) is 0 Å². The van der Waals surface area contributed by atoms with Gasteiger partial charge in [-0.15, -0.1) is 0 Å². The molecule has 2 aromatic rings. The molecule has 5 nitrogen and oxygen atoms in total. The zero-order valence-corrected chi connectivity index (χ0v) is 14.9. The van der Waals surface area contributed by atoms with Crippen molar-refractivity contribution in [3.8, 4) is 0 Å². The molecule has 0 aromatic heterocycles. The number of nitrogens with one attached hydrogen (secondary N) is 2. The topological polar surface area (TPSA) is 84.2 Å². The predicted molar refractivity (Wildman–Crippen MR) is 101 cm³/mol. The molecule has 1 aliphatic rings. The summed E-state index contributed by atoms with van der Waals surface area (Å²) in [4.78, 5) is 24.5. The van der Waals surface area contributed by atoms with E-state index in [0.717, 1.165) is 24.0 Å². The monoisotopic (exact) mass is 351 g/mol. The molecule has 0 bridgehead atoms. The summed E-state index contributed by atoms with van der Waals surface area (Å²) >= 11 is 0. The molecule has 1 heterocycles. The van der Waals surface area contributed by atoms with E-state index in [2.05, 4.69) is 10.6 Å². The summed E-state index contributed by atoms with van der Waals surface area (Å²) in [5.74, 6) is -0.585. The standard InChI is InChI=1S/C21H25N3O2/c1-14(20(22)25)23-19-17(15-8-4-2-5-9-15)12-13-18(24-21(19)26)16-10-6-3-7-11-16/h2-11,14,17-19,23H,12-13H2,1H3,(H2,22,25)(H,24,26)/t14-,17+,18+,19-/m0/s1. The third kappa shape index (κ3) is 4.11. The summed E-state index contributed by atoms with van der Waals surface area (Å²) in [6, 6.07) is 18.8. The Labute approximate surface area is 154 Å². The lowest BCUT2D eigenvalue weighted by Gasteiger charge is -2.27. The Balaban J connectivity index is 1.90. The zero-order chi connectivity index (χ0) is 18.5. The number of carbonyl (C=O) groups is 2. The van der Waals surface area contributed by atoms with Crippen molar-refractivity contribution in [3.63, 3.8) is 0 Å². The molecule has 2 amide bonds. The molecule has 0 saturated carbocycles. The van der Waals surface area contributed by atoms with Gasteiger partial charge in [0, 0.05) is 5.92 Å². The van der Waals surface area contributed by atoms with Crippen LogP contribution in [0.25, 0.3) is 0 Å². The molecule has 3 rings (SSSR count). The van der Waals surface area contributed by atoms with E-state index in [1.54, 1.807) is 6.92 Å². The number of amides is 2. The highest BCUT2D eigenvalue weighted by Crippen LogP contribution is 2.33. The van der Waals surface area contributed by atoms with E-state index in [0.29, 0.717) is 0 Å². The maximum atomic E-state index is 13.0. The molecule has 4 atom stereocenters. The Bertz CT molecular complexity index is 748. The van der Waals surface area contributed by atoms with Crippen LogP contribution in [0.1, 0.15) is 42.9 Å². The fourth-order valence-electron chi connectivity index (χ4n) is 3.57. The Morgan fingerprint density at radius 3 is 2.19 bits per heavy atom. The normalized spacial score (nSPS) is 24.3. The van der Waals surface area contributed by atoms with Crippen molar-refractivity contribution in [2.24, 2.45) is 5.73 Å². The van der Waals surface area contributed by atoms with E-state index < -0.39 is 18.0 Å². The molecule has 1 aliphatic heterocycles. The molecule has 0 aliphatic carbocycles. The molecule has 0 spiro atoms. The largest absolute Gasteiger partial charge is 0.368 e. The van der Waals surface area contributed by atoms with Crippen LogP contribution in [0.5, 0.6) is 0 Å². The van der Waals surface area contributed by atoms with Gasteiger partial charge in [0.2, 0.25) is 11.8 Å². The average molecular weight is 351 g/mol. The molecule has 4 N–H and O–H groups in total. The minimum absolute atomic E-state index is 0.0216. The molecule has 0 unspecified atom stereocenters. The molecule has 1 fully saturated rings. The number of carbonyl (C=O) groups excluding carboxylic acids is 2. The van der Waals surface area contributed by atoms with Crippen molar-refractivity contribution in [1.82, 2.24) is 10.6 Å². The number of primary amides is 1. The lowest BCUT2D eigenvalue weighted by atomic mass is 9.86. The van der Waals surface area contributed by atoms with Gasteiger partial charge in [0.25, 0.3) is 0 Å². The van der Waals surface area contributed by atoms with E-state index in [4.69, 9.17) is 5.73 Å². The van der Waals surface area contributed by atoms with Crippen molar-refractivity contribution in [1.29, 1.82) is 0 Å². The van der Waals surface area contributed by atoms with Crippen molar-refractivity contribution >= 4 is 11.8 Å². The van der Waals surface area contributed by atoms with Crippen LogP contribution in [-0.4, -0.2) is 23.9 Å². The quantitative estimate of drug-likeness (QED) is 0.772. The molecule has 26 heavy (non-hydrogen) atoms. The highest BCUT2D eigenvalue weighted by molar-refractivity contribution is 5.85. The zero-order valence-electron chi connectivity index (χ0n) is 14.9. The van der Waals surface area contributed by atoms with Gasteiger partial charge in [-0.3, -0.25) is 14.9 Å². The number of hydrogen-bond acceptors (Lipinski definition) is 3. The fraction of sp³-hybridized carbons (Fsp3) is 0.333. The minimum Gasteiger partial charge on any atom is -0.368 e. The molecular weight excluding hydrogens is 326 g/mol. The summed E-state index contributed by atoms with van der Waals surface area (Å²) in [5.41, 5.74) is 7.59. The SMILES string of the molecule is C[C@H](N[C@@H]1C(=O)N[C@@H](c2ccccc2)CC[C@@H]1c1ccccc1)C(N)=O. The van der Waals surface area contributed by atoms with Gasteiger partial charge in [-0.1, -0.05) is 60.7 Å². The van der Waals surface area contributed by atoms with E-state index in [9.17, 15) is 9.59 Å². The van der Waals surface area contributed by atoms with Gasteiger partial charge in [0.05, 0.1) is 18.1 Å². The minimum atomic E-state index is -0.578. The van der Waals surface area contributed by atoms with Crippen LogP contribution in [0.2, 0.25) is 0 Å². The Hall–Kier alpha value is -2.66. The third-order valence-electron chi connectivity index (χ3n) is 5.05. The Kier molecular flexibility index (Phi) is 5.68. The molecular formula is C21H25N3O2. The summed E-state index contributed by atoms with van der Waals surface area (Å²) in [6.45, 7) is 1.69. The first-order chi connectivity index (χ1) is 12.6.